The molecule has 20 heavy (non-hydrogen) atoms. The zero-order valence-corrected chi connectivity index (χ0v) is 11.0. The van der Waals surface area contributed by atoms with Gasteiger partial charge in [0, 0.05) is 23.6 Å². The van der Waals surface area contributed by atoms with Gasteiger partial charge in [0.1, 0.15) is 11.5 Å². The largest absolute Gasteiger partial charge is 0.423 e. The summed E-state index contributed by atoms with van der Waals surface area (Å²) in [6, 6.07) is 3.53. The molecule has 0 unspecified atom stereocenters. The molecule has 0 atom stereocenters. The van der Waals surface area contributed by atoms with Gasteiger partial charge in [-0.25, -0.2) is 4.79 Å². The molecule has 0 radical (unpaired) electrons. The molecule has 0 N–H and O–H groups in total. The Labute approximate surface area is 116 Å². The SMILES string of the molecule is Cc1cc(=O)oc2cc(OC(=O)CCl)c([N+](=O)[O-])cc12. The Morgan fingerprint density at radius 3 is 2.75 bits per heavy atom. The number of rotatable bonds is 3. The molecule has 1 aromatic carbocycles. The summed E-state index contributed by atoms with van der Waals surface area (Å²) in [6.45, 7) is 1.62. The van der Waals surface area contributed by atoms with Gasteiger partial charge in [0.2, 0.25) is 5.75 Å². The third kappa shape index (κ3) is 2.62. The molecule has 0 saturated heterocycles. The molecule has 2 aromatic rings. The second-order valence-corrected chi connectivity index (χ2v) is 4.20. The van der Waals surface area contributed by atoms with Gasteiger partial charge in [-0.05, 0) is 12.5 Å². The summed E-state index contributed by atoms with van der Waals surface area (Å²) in [7, 11) is 0. The molecule has 8 heteroatoms. The van der Waals surface area contributed by atoms with E-state index >= 15 is 0 Å². The first-order chi connectivity index (χ1) is 9.42. The number of benzene rings is 1. The van der Waals surface area contributed by atoms with Crippen molar-refractivity contribution in [1.82, 2.24) is 0 Å². The van der Waals surface area contributed by atoms with Crippen molar-refractivity contribution < 1.29 is 18.9 Å². The molecule has 0 saturated carbocycles. The number of hydrogen-bond acceptors (Lipinski definition) is 6. The van der Waals surface area contributed by atoms with Crippen LogP contribution in [0.1, 0.15) is 5.56 Å². The fourth-order valence-electron chi connectivity index (χ4n) is 1.71. The quantitative estimate of drug-likeness (QED) is 0.215. The van der Waals surface area contributed by atoms with Gasteiger partial charge in [-0.15, -0.1) is 11.6 Å². The highest BCUT2D eigenvalue weighted by Gasteiger charge is 2.21. The summed E-state index contributed by atoms with van der Waals surface area (Å²) in [6.07, 6.45) is 0. The normalized spacial score (nSPS) is 10.5. The number of nitro benzene ring substituents is 1. The molecular formula is C12H8ClNO6. The number of alkyl halides is 1. The third-order valence-corrected chi connectivity index (χ3v) is 2.78. The number of fused-ring (bicyclic) bond motifs is 1. The summed E-state index contributed by atoms with van der Waals surface area (Å²) in [5, 5.41) is 11.4. The molecule has 0 aliphatic heterocycles. The van der Waals surface area contributed by atoms with E-state index in [1.807, 2.05) is 0 Å². The van der Waals surface area contributed by atoms with Gasteiger partial charge in [0.05, 0.1) is 4.92 Å². The smallest absolute Gasteiger partial charge is 0.336 e. The Morgan fingerprint density at radius 2 is 2.15 bits per heavy atom. The minimum atomic E-state index is -0.843. The van der Waals surface area contributed by atoms with Gasteiger partial charge < -0.3 is 9.15 Å². The molecule has 0 aliphatic rings. The average molecular weight is 298 g/mol. The van der Waals surface area contributed by atoms with Crippen LogP contribution >= 0.6 is 11.6 Å². The number of nitrogens with zero attached hydrogens (tertiary/aromatic N) is 1. The fraction of sp³-hybridized carbons (Fsp3) is 0.167. The maximum absolute atomic E-state index is 11.3. The van der Waals surface area contributed by atoms with E-state index in [1.54, 1.807) is 6.92 Å². The highest BCUT2D eigenvalue weighted by molar-refractivity contribution is 6.26. The van der Waals surface area contributed by atoms with Crippen LogP contribution in [0.3, 0.4) is 0 Å². The van der Waals surface area contributed by atoms with Crippen LogP contribution in [0.2, 0.25) is 0 Å². The molecule has 1 aromatic heterocycles. The van der Waals surface area contributed by atoms with Gasteiger partial charge in [-0.1, -0.05) is 0 Å². The predicted molar refractivity (Wildman–Crippen MR) is 70.2 cm³/mol. The average Bonchev–Trinajstić information content (AvgIpc) is 2.37. The monoisotopic (exact) mass is 297 g/mol. The van der Waals surface area contributed by atoms with Gasteiger partial charge >= 0.3 is 17.3 Å². The molecule has 1 heterocycles. The van der Waals surface area contributed by atoms with Crippen LogP contribution < -0.4 is 10.4 Å². The lowest BCUT2D eigenvalue weighted by atomic mass is 10.1. The topological polar surface area (TPSA) is 99.7 Å². The minimum Gasteiger partial charge on any atom is -0.423 e. The van der Waals surface area contributed by atoms with Crippen molar-refractivity contribution in [3.63, 3.8) is 0 Å². The van der Waals surface area contributed by atoms with Crippen molar-refractivity contribution in [2.24, 2.45) is 0 Å². The Morgan fingerprint density at radius 1 is 1.45 bits per heavy atom. The molecule has 0 fully saturated rings. The lowest BCUT2D eigenvalue weighted by Crippen LogP contribution is -2.10. The molecule has 7 nitrogen and oxygen atoms in total. The lowest BCUT2D eigenvalue weighted by Gasteiger charge is -2.06. The van der Waals surface area contributed by atoms with Crippen molar-refractivity contribution in [2.75, 3.05) is 5.88 Å². The minimum absolute atomic E-state index is 0.0953. The zero-order valence-electron chi connectivity index (χ0n) is 10.2. The summed E-state index contributed by atoms with van der Waals surface area (Å²) < 4.78 is 9.70. The van der Waals surface area contributed by atoms with Crippen LogP contribution in [0.5, 0.6) is 5.75 Å². The van der Waals surface area contributed by atoms with E-state index in [9.17, 15) is 19.7 Å². The van der Waals surface area contributed by atoms with Crippen molar-refractivity contribution in [3.05, 3.63) is 44.3 Å². The van der Waals surface area contributed by atoms with Gasteiger partial charge in [0.25, 0.3) is 0 Å². The molecule has 0 amide bonds. The van der Waals surface area contributed by atoms with Crippen LogP contribution in [0.15, 0.2) is 27.4 Å². The second-order valence-electron chi connectivity index (χ2n) is 3.93. The first kappa shape index (κ1) is 14.0. The summed E-state index contributed by atoms with van der Waals surface area (Å²) >= 11 is 5.28. The van der Waals surface area contributed by atoms with Crippen LogP contribution in [0.4, 0.5) is 5.69 Å². The number of carbonyl (C=O) groups excluding carboxylic acids is 1. The fourth-order valence-corrected chi connectivity index (χ4v) is 1.76. The molecular weight excluding hydrogens is 290 g/mol. The maximum Gasteiger partial charge on any atom is 0.336 e. The van der Waals surface area contributed by atoms with Gasteiger partial charge in [0.15, 0.2) is 0 Å². The Hall–Kier alpha value is -2.41. The summed E-state index contributed by atoms with van der Waals surface area (Å²) in [5.74, 6) is -1.61. The molecule has 0 spiro atoms. The van der Waals surface area contributed by atoms with Crippen molar-refractivity contribution in [1.29, 1.82) is 0 Å². The Balaban J connectivity index is 2.72. The molecule has 0 bridgehead atoms. The molecule has 0 aliphatic carbocycles. The highest BCUT2D eigenvalue weighted by atomic mass is 35.5. The van der Waals surface area contributed by atoms with E-state index in [0.29, 0.717) is 10.9 Å². The number of aryl methyl sites for hydroxylation is 1. The van der Waals surface area contributed by atoms with Gasteiger partial charge in [-0.2, -0.15) is 0 Å². The Kier molecular flexibility index (Phi) is 3.71. The highest BCUT2D eigenvalue weighted by Crippen LogP contribution is 2.33. The number of ether oxygens (including phenoxy) is 1. The van der Waals surface area contributed by atoms with E-state index in [0.717, 1.165) is 6.07 Å². The van der Waals surface area contributed by atoms with E-state index in [-0.39, 0.29) is 11.3 Å². The van der Waals surface area contributed by atoms with E-state index in [1.165, 1.54) is 12.1 Å². The number of carbonyl (C=O) groups is 1. The van der Waals surface area contributed by atoms with Crippen LogP contribution in [0.25, 0.3) is 11.0 Å². The number of halogens is 1. The first-order valence-electron chi connectivity index (χ1n) is 5.42. The number of esters is 1. The third-order valence-electron chi connectivity index (χ3n) is 2.56. The van der Waals surface area contributed by atoms with E-state index < -0.39 is 28.1 Å². The maximum atomic E-state index is 11.3. The lowest BCUT2D eigenvalue weighted by molar-refractivity contribution is -0.385. The van der Waals surface area contributed by atoms with Crippen molar-refractivity contribution in [2.45, 2.75) is 6.92 Å². The predicted octanol–water partition coefficient (Wildman–Crippen LogP) is 2.15. The van der Waals surface area contributed by atoms with E-state index in [2.05, 4.69) is 0 Å². The standard InChI is InChI=1S/C12H8ClNO6/c1-6-2-11(15)19-9-4-10(20-12(16)5-13)8(14(17)18)3-7(6)9/h2-4H,5H2,1H3. The zero-order chi connectivity index (χ0) is 14.9. The van der Waals surface area contributed by atoms with Crippen molar-refractivity contribution >= 4 is 34.2 Å². The van der Waals surface area contributed by atoms with Crippen LogP contribution in [0, 0.1) is 17.0 Å². The number of nitro groups is 1. The van der Waals surface area contributed by atoms with Crippen molar-refractivity contribution in [3.8, 4) is 5.75 Å². The first-order valence-corrected chi connectivity index (χ1v) is 5.95. The summed E-state index contributed by atoms with van der Waals surface area (Å²) in [4.78, 5) is 32.7. The van der Waals surface area contributed by atoms with Crippen LogP contribution in [-0.4, -0.2) is 16.8 Å². The van der Waals surface area contributed by atoms with E-state index in [4.69, 9.17) is 20.8 Å². The Bertz CT molecular complexity index is 766. The molecule has 104 valence electrons. The number of hydrogen-bond donors (Lipinski definition) is 0. The molecule has 2 rings (SSSR count). The van der Waals surface area contributed by atoms with Crippen LogP contribution in [-0.2, 0) is 4.79 Å². The summed E-state index contributed by atoms with van der Waals surface area (Å²) in [5.41, 5.74) is -0.390. The second kappa shape index (κ2) is 5.30. The van der Waals surface area contributed by atoms with Gasteiger partial charge in [-0.3, -0.25) is 14.9 Å².